The Morgan fingerprint density at radius 1 is 1.22 bits per heavy atom. The number of carbonyl (C=O) groups is 1. The Hall–Kier alpha value is -1.42. The number of carbonyl (C=O) groups excluding carboxylic acids is 1. The number of nitrogens with zero attached hydrogens (tertiary/aromatic N) is 2. The van der Waals surface area contributed by atoms with Crippen molar-refractivity contribution in [2.24, 2.45) is 5.92 Å². The molecular formula is C19H27FN2O. The van der Waals surface area contributed by atoms with Crippen LogP contribution in [0.15, 0.2) is 24.3 Å². The number of hydrogen-bond acceptors (Lipinski definition) is 2. The summed E-state index contributed by atoms with van der Waals surface area (Å²) in [6, 6.07) is 7.25. The third-order valence-corrected chi connectivity index (χ3v) is 5.37. The standard InChI is InChI=1S/C19H27FN2O/c1-21(13-16-8-2-4-10-17(16)20)14-19(23)22-12-6-9-15-7-3-5-11-18(15)22/h2,4,8,10,15,18H,3,5-7,9,11-14H2,1H3. The number of fused-ring (bicyclic) bond motifs is 1. The van der Waals surface area contributed by atoms with Gasteiger partial charge in [0.15, 0.2) is 0 Å². The number of likely N-dealkylation sites (N-methyl/N-ethyl adjacent to an activating group) is 1. The summed E-state index contributed by atoms with van der Waals surface area (Å²) in [7, 11) is 1.90. The van der Waals surface area contributed by atoms with Crippen LogP contribution in [0, 0.1) is 11.7 Å². The summed E-state index contributed by atoms with van der Waals surface area (Å²) >= 11 is 0. The van der Waals surface area contributed by atoms with E-state index in [1.54, 1.807) is 12.1 Å². The minimum atomic E-state index is -0.197. The molecule has 4 heteroatoms. The van der Waals surface area contributed by atoms with E-state index in [4.69, 9.17) is 0 Å². The number of halogens is 1. The molecule has 0 radical (unpaired) electrons. The van der Waals surface area contributed by atoms with Crippen molar-refractivity contribution < 1.29 is 9.18 Å². The highest BCUT2D eigenvalue weighted by Crippen LogP contribution is 2.35. The van der Waals surface area contributed by atoms with Crippen molar-refractivity contribution in [3.8, 4) is 0 Å². The fraction of sp³-hybridized carbons (Fsp3) is 0.632. The lowest BCUT2D eigenvalue weighted by molar-refractivity contribution is -0.138. The van der Waals surface area contributed by atoms with Crippen LogP contribution in [-0.4, -0.2) is 41.9 Å². The van der Waals surface area contributed by atoms with E-state index in [0.29, 0.717) is 30.6 Å². The second-order valence-electron chi connectivity index (χ2n) is 7.10. The summed E-state index contributed by atoms with van der Waals surface area (Å²) in [5, 5.41) is 0. The van der Waals surface area contributed by atoms with Gasteiger partial charge in [-0.25, -0.2) is 4.39 Å². The van der Waals surface area contributed by atoms with Crippen molar-refractivity contribution in [1.29, 1.82) is 0 Å². The average molecular weight is 318 g/mol. The number of hydrogen-bond donors (Lipinski definition) is 0. The molecule has 23 heavy (non-hydrogen) atoms. The van der Waals surface area contributed by atoms with Crippen molar-refractivity contribution in [1.82, 2.24) is 9.80 Å². The van der Waals surface area contributed by atoms with Crippen LogP contribution in [0.3, 0.4) is 0 Å². The summed E-state index contributed by atoms with van der Waals surface area (Å²) in [5.74, 6) is 0.718. The highest BCUT2D eigenvalue weighted by Gasteiger charge is 2.35. The first-order chi connectivity index (χ1) is 11.1. The van der Waals surface area contributed by atoms with Gasteiger partial charge in [0.2, 0.25) is 5.91 Å². The Labute approximate surface area is 138 Å². The zero-order valence-electron chi connectivity index (χ0n) is 14.0. The van der Waals surface area contributed by atoms with E-state index in [1.165, 1.54) is 31.7 Å². The summed E-state index contributed by atoms with van der Waals surface area (Å²) in [5.41, 5.74) is 0.650. The van der Waals surface area contributed by atoms with E-state index in [2.05, 4.69) is 4.90 Å². The molecule has 2 aliphatic rings. The van der Waals surface area contributed by atoms with Crippen LogP contribution in [0.2, 0.25) is 0 Å². The lowest BCUT2D eigenvalue weighted by Crippen LogP contribution is -2.52. The van der Waals surface area contributed by atoms with Crippen LogP contribution in [0.25, 0.3) is 0 Å². The molecule has 2 unspecified atom stereocenters. The van der Waals surface area contributed by atoms with E-state index in [0.717, 1.165) is 19.4 Å². The normalized spacial score (nSPS) is 24.6. The third kappa shape index (κ3) is 3.92. The largest absolute Gasteiger partial charge is 0.338 e. The van der Waals surface area contributed by atoms with Gasteiger partial charge in [-0.15, -0.1) is 0 Å². The van der Waals surface area contributed by atoms with Gasteiger partial charge in [-0.1, -0.05) is 31.0 Å². The Balaban J connectivity index is 1.58. The van der Waals surface area contributed by atoms with Gasteiger partial charge in [-0.3, -0.25) is 9.69 Å². The number of amides is 1. The molecule has 1 amide bonds. The predicted molar refractivity (Wildman–Crippen MR) is 89.4 cm³/mol. The minimum Gasteiger partial charge on any atom is -0.338 e. The lowest BCUT2D eigenvalue weighted by Gasteiger charge is -2.44. The second-order valence-corrected chi connectivity index (χ2v) is 7.10. The van der Waals surface area contributed by atoms with Crippen LogP contribution >= 0.6 is 0 Å². The van der Waals surface area contributed by atoms with Crippen molar-refractivity contribution in [2.45, 2.75) is 51.1 Å². The first kappa shape index (κ1) is 16.4. The minimum absolute atomic E-state index is 0.197. The molecule has 0 spiro atoms. The van der Waals surface area contributed by atoms with E-state index >= 15 is 0 Å². The molecule has 1 saturated carbocycles. The van der Waals surface area contributed by atoms with E-state index in [1.807, 2.05) is 18.0 Å². The summed E-state index contributed by atoms with van der Waals surface area (Å²) in [4.78, 5) is 16.8. The smallest absolute Gasteiger partial charge is 0.237 e. The second kappa shape index (κ2) is 7.43. The molecule has 1 aromatic carbocycles. The molecule has 1 heterocycles. The van der Waals surface area contributed by atoms with Gasteiger partial charge >= 0.3 is 0 Å². The molecule has 3 nitrogen and oxygen atoms in total. The molecular weight excluding hydrogens is 291 g/mol. The van der Waals surface area contributed by atoms with Crippen LogP contribution in [0.4, 0.5) is 4.39 Å². The maximum Gasteiger partial charge on any atom is 0.237 e. The quantitative estimate of drug-likeness (QED) is 0.849. The fourth-order valence-corrected chi connectivity index (χ4v) is 4.23. The number of benzene rings is 1. The van der Waals surface area contributed by atoms with Gasteiger partial charge in [0.1, 0.15) is 5.82 Å². The molecule has 1 aliphatic carbocycles. The first-order valence-electron chi connectivity index (χ1n) is 8.86. The van der Waals surface area contributed by atoms with E-state index in [9.17, 15) is 9.18 Å². The lowest BCUT2D eigenvalue weighted by atomic mass is 9.78. The molecule has 0 N–H and O–H groups in total. The number of rotatable bonds is 4. The van der Waals surface area contributed by atoms with Crippen molar-refractivity contribution in [3.05, 3.63) is 35.6 Å². The maximum absolute atomic E-state index is 13.7. The van der Waals surface area contributed by atoms with E-state index in [-0.39, 0.29) is 11.7 Å². The zero-order chi connectivity index (χ0) is 16.2. The maximum atomic E-state index is 13.7. The fourth-order valence-electron chi connectivity index (χ4n) is 4.23. The van der Waals surface area contributed by atoms with Crippen LogP contribution < -0.4 is 0 Å². The first-order valence-corrected chi connectivity index (χ1v) is 8.86. The van der Waals surface area contributed by atoms with Gasteiger partial charge in [0.25, 0.3) is 0 Å². The molecule has 0 bridgehead atoms. The van der Waals surface area contributed by atoms with Gasteiger partial charge in [-0.2, -0.15) is 0 Å². The number of likely N-dealkylation sites (tertiary alicyclic amines) is 1. The van der Waals surface area contributed by atoms with Gasteiger partial charge < -0.3 is 4.90 Å². The van der Waals surface area contributed by atoms with Gasteiger partial charge in [-0.05, 0) is 44.7 Å². The summed E-state index contributed by atoms with van der Waals surface area (Å²) in [6.45, 7) is 1.74. The Morgan fingerprint density at radius 2 is 1.96 bits per heavy atom. The van der Waals surface area contributed by atoms with Gasteiger partial charge in [0.05, 0.1) is 6.54 Å². The average Bonchev–Trinajstić information content (AvgIpc) is 2.56. The van der Waals surface area contributed by atoms with Crippen molar-refractivity contribution >= 4 is 5.91 Å². The number of piperidine rings is 1. The molecule has 126 valence electrons. The topological polar surface area (TPSA) is 23.6 Å². The molecule has 1 saturated heterocycles. The summed E-state index contributed by atoms with van der Waals surface area (Å²) in [6.07, 6.45) is 7.41. The summed E-state index contributed by atoms with van der Waals surface area (Å²) < 4.78 is 13.7. The SMILES string of the molecule is CN(CC(=O)N1CCCC2CCCCC21)Cc1ccccc1F. The molecule has 0 aromatic heterocycles. The Morgan fingerprint density at radius 3 is 2.78 bits per heavy atom. The molecule has 2 fully saturated rings. The van der Waals surface area contributed by atoms with Crippen LogP contribution in [-0.2, 0) is 11.3 Å². The van der Waals surface area contributed by atoms with Crippen LogP contribution in [0.1, 0.15) is 44.1 Å². The molecule has 2 atom stereocenters. The molecule has 3 rings (SSSR count). The van der Waals surface area contributed by atoms with Crippen molar-refractivity contribution in [3.63, 3.8) is 0 Å². The van der Waals surface area contributed by atoms with E-state index < -0.39 is 0 Å². The zero-order valence-corrected chi connectivity index (χ0v) is 14.0. The predicted octanol–water partition coefficient (Wildman–Crippen LogP) is 3.44. The monoisotopic (exact) mass is 318 g/mol. The Bertz CT molecular complexity index is 546. The highest BCUT2D eigenvalue weighted by molar-refractivity contribution is 5.78. The highest BCUT2D eigenvalue weighted by atomic mass is 19.1. The third-order valence-electron chi connectivity index (χ3n) is 5.37. The Kier molecular flexibility index (Phi) is 5.31. The van der Waals surface area contributed by atoms with Crippen LogP contribution in [0.5, 0.6) is 0 Å². The van der Waals surface area contributed by atoms with Crippen molar-refractivity contribution in [2.75, 3.05) is 20.1 Å². The molecule has 1 aromatic rings. The van der Waals surface area contributed by atoms with Gasteiger partial charge in [0, 0.05) is 24.7 Å². The molecule has 1 aliphatic heterocycles.